The van der Waals surface area contributed by atoms with Crippen LogP contribution >= 0.6 is 39.1 Å². The van der Waals surface area contributed by atoms with Gasteiger partial charge in [0.25, 0.3) is 15.9 Å². The minimum atomic E-state index is -4.42. The number of rotatable bonds is 3. The number of nitrogens with one attached hydrogen (secondary N) is 1. The van der Waals surface area contributed by atoms with E-state index in [0.29, 0.717) is 6.07 Å². The molecule has 0 aliphatic carbocycles. The van der Waals surface area contributed by atoms with E-state index in [1.54, 1.807) is 4.72 Å². The molecule has 1 amide bonds. The Bertz CT molecular complexity index is 883. The molecule has 0 fully saturated rings. The molecular weight excluding hydrogens is 439 g/mol. The molecule has 0 aliphatic rings. The number of carbonyl (C=O) groups is 1. The van der Waals surface area contributed by atoms with Crippen LogP contribution in [-0.2, 0) is 10.0 Å². The monoisotopic (exact) mass is 443 g/mol. The standard InChI is InChI=1S/C13H6BrCl2F2NO3S/c14-9-4-7(5-11(17)12(9)18)23(21,22)19-13(20)8-2-1-6(15)3-10(8)16/h1-5H,(H,19,20). The third-order valence-electron chi connectivity index (χ3n) is 2.67. The third-order valence-corrected chi connectivity index (χ3v) is 5.11. The molecule has 0 unspecified atom stereocenters. The summed E-state index contributed by atoms with van der Waals surface area (Å²) in [4.78, 5) is 11.4. The fourth-order valence-corrected chi connectivity index (χ4v) is 3.68. The van der Waals surface area contributed by atoms with Crippen LogP contribution in [0.25, 0.3) is 0 Å². The Kier molecular flexibility index (Phi) is 5.30. The maximum absolute atomic E-state index is 13.3. The molecule has 0 saturated heterocycles. The highest BCUT2D eigenvalue weighted by Crippen LogP contribution is 2.24. The first kappa shape index (κ1) is 18.1. The summed E-state index contributed by atoms with van der Waals surface area (Å²) in [5, 5.41) is 0.204. The van der Waals surface area contributed by atoms with E-state index in [0.717, 1.165) is 6.07 Å². The average Bonchev–Trinajstić information content (AvgIpc) is 2.43. The van der Waals surface area contributed by atoms with Gasteiger partial charge in [0, 0.05) is 5.02 Å². The highest BCUT2D eigenvalue weighted by molar-refractivity contribution is 9.10. The average molecular weight is 445 g/mol. The van der Waals surface area contributed by atoms with Crippen molar-refractivity contribution < 1.29 is 22.0 Å². The van der Waals surface area contributed by atoms with Crippen molar-refractivity contribution in [3.63, 3.8) is 0 Å². The number of hydrogen-bond donors (Lipinski definition) is 1. The van der Waals surface area contributed by atoms with Crippen LogP contribution in [-0.4, -0.2) is 14.3 Å². The Morgan fingerprint density at radius 1 is 1.13 bits per heavy atom. The predicted molar refractivity (Wildman–Crippen MR) is 85.2 cm³/mol. The molecule has 23 heavy (non-hydrogen) atoms. The fourth-order valence-electron chi connectivity index (χ4n) is 1.60. The molecule has 0 heterocycles. The van der Waals surface area contributed by atoms with Gasteiger partial charge in [0.05, 0.1) is 20.0 Å². The lowest BCUT2D eigenvalue weighted by Crippen LogP contribution is -2.31. The van der Waals surface area contributed by atoms with Crippen molar-refractivity contribution in [1.29, 1.82) is 0 Å². The van der Waals surface area contributed by atoms with E-state index in [1.165, 1.54) is 18.2 Å². The zero-order valence-corrected chi connectivity index (χ0v) is 14.8. The fraction of sp³-hybridized carbons (Fsp3) is 0. The minimum absolute atomic E-state index is 0.0586. The lowest BCUT2D eigenvalue weighted by Gasteiger charge is -2.09. The van der Waals surface area contributed by atoms with Gasteiger partial charge in [0.1, 0.15) is 0 Å². The van der Waals surface area contributed by atoms with Crippen LogP contribution in [0.2, 0.25) is 10.0 Å². The van der Waals surface area contributed by atoms with Crippen LogP contribution in [0.3, 0.4) is 0 Å². The molecule has 1 N–H and O–H groups in total. The molecule has 122 valence electrons. The quantitative estimate of drug-likeness (QED) is 0.723. The summed E-state index contributed by atoms with van der Waals surface area (Å²) in [6.45, 7) is 0. The molecule has 2 aromatic rings. The summed E-state index contributed by atoms with van der Waals surface area (Å²) in [5.74, 6) is -3.65. The predicted octanol–water partition coefficient (Wildman–Crippen LogP) is 4.15. The molecule has 0 saturated carbocycles. The van der Waals surface area contributed by atoms with Crippen molar-refractivity contribution >= 4 is 55.1 Å². The van der Waals surface area contributed by atoms with Gasteiger partial charge in [0.2, 0.25) is 0 Å². The van der Waals surface area contributed by atoms with E-state index in [4.69, 9.17) is 23.2 Å². The van der Waals surface area contributed by atoms with Crippen molar-refractivity contribution in [2.24, 2.45) is 0 Å². The smallest absolute Gasteiger partial charge is 0.266 e. The number of sulfonamides is 1. The highest BCUT2D eigenvalue weighted by Gasteiger charge is 2.23. The molecule has 2 rings (SSSR count). The molecule has 0 spiro atoms. The Labute approximate surface area is 148 Å². The zero-order chi connectivity index (χ0) is 17.4. The number of hydrogen-bond acceptors (Lipinski definition) is 3. The number of halogens is 5. The Balaban J connectivity index is 2.36. The zero-order valence-electron chi connectivity index (χ0n) is 10.9. The lowest BCUT2D eigenvalue weighted by atomic mass is 10.2. The lowest BCUT2D eigenvalue weighted by molar-refractivity contribution is 0.0981. The maximum atomic E-state index is 13.3. The van der Waals surface area contributed by atoms with Gasteiger partial charge in [-0.15, -0.1) is 0 Å². The minimum Gasteiger partial charge on any atom is -0.268 e. The maximum Gasteiger partial charge on any atom is 0.266 e. The first-order valence-corrected chi connectivity index (χ1v) is 8.82. The molecule has 0 aromatic heterocycles. The van der Waals surface area contributed by atoms with Crippen molar-refractivity contribution in [1.82, 2.24) is 4.72 Å². The summed E-state index contributed by atoms with van der Waals surface area (Å²) in [7, 11) is -4.42. The first-order valence-electron chi connectivity index (χ1n) is 5.78. The normalized spacial score (nSPS) is 11.3. The molecule has 4 nitrogen and oxygen atoms in total. The molecular formula is C13H6BrCl2F2NO3S. The molecule has 0 bridgehead atoms. The van der Waals surface area contributed by atoms with Gasteiger partial charge < -0.3 is 0 Å². The van der Waals surface area contributed by atoms with Crippen molar-refractivity contribution in [2.45, 2.75) is 4.90 Å². The molecule has 0 radical (unpaired) electrons. The van der Waals surface area contributed by atoms with E-state index in [1.807, 2.05) is 0 Å². The number of benzene rings is 2. The van der Waals surface area contributed by atoms with Crippen LogP contribution in [0, 0.1) is 11.6 Å². The van der Waals surface area contributed by atoms with Crippen molar-refractivity contribution in [3.8, 4) is 0 Å². The molecule has 10 heteroatoms. The van der Waals surface area contributed by atoms with Crippen molar-refractivity contribution in [3.05, 3.63) is 62.0 Å². The molecule has 0 aliphatic heterocycles. The van der Waals surface area contributed by atoms with E-state index in [-0.39, 0.29) is 15.6 Å². The first-order chi connectivity index (χ1) is 10.6. The Morgan fingerprint density at radius 2 is 1.78 bits per heavy atom. The number of carbonyl (C=O) groups excluding carboxylic acids is 1. The molecule has 0 atom stereocenters. The van der Waals surface area contributed by atoms with Crippen LogP contribution in [0.1, 0.15) is 10.4 Å². The van der Waals surface area contributed by atoms with Gasteiger partial charge in [-0.25, -0.2) is 21.9 Å². The van der Waals surface area contributed by atoms with E-state index in [2.05, 4.69) is 15.9 Å². The Hall–Kier alpha value is -1.22. The number of amides is 1. The van der Waals surface area contributed by atoms with Gasteiger partial charge in [-0.1, -0.05) is 23.2 Å². The Morgan fingerprint density at radius 3 is 2.35 bits per heavy atom. The largest absolute Gasteiger partial charge is 0.268 e. The van der Waals surface area contributed by atoms with E-state index >= 15 is 0 Å². The SMILES string of the molecule is O=C(NS(=O)(=O)c1cc(F)c(F)c(Br)c1)c1ccc(Cl)cc1Cl. The van der Waals surface area contributed by atoms with Crippen LogP contribution in [0.5, 0.6) is 0 Å². The van der Waals surface area contributed by atoms with Gasteiger partial charge in [0.15, 0.2) is 11.6 Å². The van der Waals surface area contributed by atoms with E-state index < -0.39 is 36.9 Å². The second-order valence-corrected chi connectivity index (χ2v) is 7.64. The summed E-state index contributed by atoms with van der Waals surface area (Å²) in [6.07, 6.45) is 0. The van der Waals surface area contributed by atoms with E-state index in [9.17, 15) is 22.0 Å². The van der Waals surface area contributed by atoms with Gasteiger partial charge >= 0.3 is 0 Å². The van der Waals surface area contributed by atoms with Crippen molar-refractivity contribution in [2.75, 3.05) is 0 Å². The topological polar surface area (TPSA) is 63.2 Å². The summed E-state index contributed by atoms with van der Waals surface area (Å²) in [5.41, 5.74) is -0.138. The molecule has 2 aromatic carbocycles. The highest BCUT2D eigenvalue weighted by atomic mass is 79.9. The van der Waals surface area contributed by atoms with Crippen LogP contribution in [0.4, 0.5) is 8.78 Å². The summed E-state index contributed by atoms with van der Waals surface area (Å²) in [6, 6.07) is 5.13. The summed E-state index contributed by atoms with van der Waals surface area (Å²) >= 11 is 14.2. The van der Waals surface area contributed by atoms with Gasteiger partial charge in [-0.2, -0.15) is 0 Å². The van der Waals surface area contributed by atoms with Gasteiger partial charge in [-0.3, -0.25) is 4.79 Å². The van der Waals surface area contributed by atoms with Gasteiger partial charge in [-0.05, 0) is 46.3 Å². The second-order valence-electron chi connectivity index (χ2n) is 4.26. The van der Waals surface area contributed by atoms with Crippen LogP contribution in [0.15, 0.2) is 39.7 Å². The third kappa shape index (κ3) is 4.00. The second kappa shape index (κ2) is 6.72. The summed E-state index contributed by atoms with van der Waals surface area (Å²) < 4.78 is 52.0. The van der Waals surface area contributed by atoms with Crippen LogP contribution < -0.4 is 4.72 Å².